The van der Waals surface area contributed by atoms with Crippen molar-refractivity contribution in [3.63, 3.8) is 0 Å². The van der Waals surface area contributed by atoms with Crippen LogP contribution in [0.25, 0.3) is 0 Å². The third-order valence-electron chi connectivity index (χ3n) is 5.43. The number of hydrogen-bond donors (Lipinski definition) is 2. The van der Waals surface area contributed by atoms with Crippen molar-refractivity contribution >= 4 is 35.6 Å². The van der Waals surface area contributed by atoms with Gasteiger partial charge in [-0.05, 0) is 51.9 Å². The Hall–Kier alpha value is -1.36. The Labute approximate surface area is 189 Å². The molecule has 2 aliphatic rings. The molecule has 0 aromatic heterocycles. The van der Waals surface area contributed by atoms with Crippen molar-refractivity contribution in [1.29, 1.82) is 0 Å². The lowest BCUT2D eigenvalue weighted by Crippen LogP contribution is -2.45. The molecule has 1 aromatic carbocycles. The summed E-state index contributed by atoms with van der Waals surface area (Å²) in [5.41, 5.74) is 0.710. The summed E-state index contributed by atoms with van der Waals surface area (Å²) in [5, 5.41) is 6.82. The maximum absolute atomic E-state index is 12.7. The summed E-state index contributed by atoms with van der Waals surface area (Å²) in [7, 11) is 2.15. The summed E-state index contributed by atoms with van der Waals surface area (Å²) < 4.78 is 30.0. The highest BCUT2D eigenvalue weighted by atomic mass is 127. The quantitative estimate of drug-likeness (QED) is 0.327. The first-order chi connectivity index (χ1) is 13.6. The van der Waals surface area contributed by atoms with Crippen LogP contribution in [0.2, 0.25) is 0 Å². The van der Waals surface area contributed by atoms with Crippen LogP contribution in [0.5, 0.6) is 5.75 Å². The summed E-state index contributed by atoms with van der Waals surface area (Å²) >= 11 is 0. The first kappa shape index (κ1) is 23.9. The van der Waals surface area contributed by atoms with Crippen LogP contribution in [-0.2, 0) is 0 Å². The molecule has 6 nitrogen and oxygen atoms in total. The van der Waals surface area contributed by atoms with E-state index in [0.717, 1.165) is 45.1 Å². The van der Waals surface area contributed by atoms with E-state index in [2.05, 4.69) is 39.1 Å². The number of likely N-dealkylation sites (tertiary alicyclic amines) is 1. The Morgan fingerprint density at radius 3 is 2.76 bits per heavy atom. The van der Waals surface area contributed by atoms with Crippen LogP contribution in [0.1, 0.15) is 26.2 Å². The van der Waals surface area contributed by atoms with Gasteiger partial charge in [0.25, 0.3) is 0 Å². The average molecular weight is 523 g/mol. The Bertz CT molecular complexity index is 664. The van der Waals surface area contributed by atoms with Gasteiger partial charge >= 0.3 is 6.61 Å². The van der Waals surface area contributed by atoms with Crippen LogP contribution in [0.4, 0.5) is 14.5 Å². The highest BCUT2D eigenvalue weighted by Crippen LogP contribution is 2.31. The molecule has 2 unspecified atom stereocenters. The second-order valence-corrected chi connectivity index (χ2v) is 7.42. The molecule has 1 aromatic rings. The van der Waals surface area contributed by atoms with Crippen molar-refractivity contribution in [1.82, 2.24) is 15.5 Å². The van der Waals surface area contributed by atoms with Crippen molar-refractivity contribution in [3.8, 4) is 5.75 Å². The number of likely N-dealkylation sites (N-methyl/N-ethyl adjacent to an activating group) is 1. The number of para-hydroxylation sites is 2. The minimum Gasteiger partial charge on any atom is -0.433 e. The van der Waals surface area contributed by atoms with Gasteiger partial charge in [0, 0.05) is 31.7 Å². The third kappa shape index (κ3) is 6.84. The van der Waals surface area contributed by atoms with E-state index in [-0.39, 0.29) is 35.8 Å². The van der Waals surface area contributed by atoms with Gasteiger partial charge in [-0.2, -0.15) is 8.78 Å². The highest BCUT2D eigenvalue weighted by molar-refractivity contribution is 14.0. The number of rotatable bonds is 7. The molecule has 2 fully saturated rings. The van der Waals surface area contributed by atoms with E-state index >= 15 is 0 Å². The van der Waals surface area contributed by atoms with Gasteiger partial charge in [0.15, 0.2) is 5.96 Å². The predicted molar refractivity (Wildman–Crippen MR) is 124 cm³/mol. The molecular formula is C20H32F2IN5O. The maximum Gasteiger partial charge on any atom is 0.387 e. The Kier molecular flexibility index (Phi) is 9.67. The number of benzene rings is 1. The van der Waals surface area contributed by atoms with E-state index in [4.69, 9.17) is 4.99 Å². The molecule has 2 atom stereocenters. The molecule has 2 aliphatic heterocycles. The van der Waals surface area contributed by atoms with Gasteiger partial charge in [-0.15, -0.1) is 24.0 Å². The molecule has 164 valence electrons. The molecule has 3 rings (SSSR count). The van der Waals surface area contributed by atoms with Crippen LogP contribution < -0.4 is 20.3 Å². The van der Waals surface area contributed by atoms with Gasteiger partial charge in [0.05, 0.1) is 12.2 Å². The maximum atomic E-state index is 12.7. The van der Waals surface area contributed by atoms with Gasteiger partial charge < -0.3 is 25.2 Å². The number of nitrogens with one attached hydrogen (secondary N) is 2. The number of halogens is 3. The molecule has 0 aliphatic carbocycles. The van der Waals surface area contributed by atoms with Crippen molar-refractivity contribution < 1.29 is 13.5 Å². The number of guanidine groups is 1. The van der Waals surface area contributed by atoms with Gasteiger partial charge in [0.1, 0.15) is 5.75 Å². The summed E-state index contributed by atoms with van der Waals surface area (Å²) in [5.74, 6) is 1.05. The number of alkyl halides is 2. The lowest BCUT2D eigenvalue weighted by Gasteiger charge is -2.23. The summed E-state index contributed by atoms with van der Waals surface area (Å²) in [6.07, 6.45) is 3.34. The largest absolute Gasteiger partial charge is 0.433 e. The van der Waals surface area contributed by atoms with Crippen molar-refractivity contribution in [2.75, 3.05) is 44.7 Å². The molecule has 2 heterocycles. The fraction of sp³-hybridized carbons (Fsp3) is 0.650. The summed E-state index contributed by atoms with van der Waals surface area (Å²) in [6, 6.07) is 7.69. The Balaban J connectivity index is 0.00000300. The molecule has 0 amide bonds. The zero-order valence-corrected chi connectivity index (χ0v) is 19.4. The number of ether oxygens (including phenoxy) is 1. The zero-order chi connectivity index (χ0) is 19.9. The molecule has 9 heteroatoms. The zero-order valence-electron chi connectivity index (χ0n) is 17.1. The van der Waals surface area contributed by atoms with E-state index < -0.39 is 6.61 Å². The summed E-state index contributed by atoms with van der Waals surface area (Å²) in [4.78, 5) is 9.23. The van der Waals surface area contributed by atoms with E-state index in [1.807, 2.05) is 12.1 Å². The Morgan fingerprint density at radius 1 is 1.28 bits per heavy atom. The third-order valence-corrected chi connectivity index (χ3v) is 5.43. The first-order valence-electron chi connectivity index (χ1n) is 10.1. The SMILES string of the molecule is CCNC(=NCC1CCCN1C)NC1CCN(c2ccccc2OC(F)F)C1.I. The molecule has 0 bridgehead atoms. The van der Waals surface area contributed by atoms with Gasteiger partial charge in [-0.25, -0.2) is 0 Å². The number of hydrogen-bond acceptors (Lipinski definition) is 4. The molecule has 2 N–H and O–H groups in total. The molecule has 29 heavy (non-hydrogen) atoms. The lowest BCUT2D eigenvalue weighted by molar-refractivity contribution is -0.0495. The normalized spacial score (nSPS) is 22.7. The average Bonchev–Trinajstić information content (AvgIpc) is 3.29. The second-order valence-electron chi connectivity index (χ2n) is 7.42. The molecule has 2 saturated heterocycles. The summed E-state index contributed by atoms with van der Waals surface area (Å²) in [6.45, 7) is 3.46. The van der Waals surface area contributed by atoms with Crippen LogP contribution in [-0.4, -0.2) is 69.3 Å². The lowest BCUT2D eigenvalue weighted by atomic mass is 10.2. The topological polar surface area (TPSA) is 52.1 Å². The van der Waals surface area contributed by atoms with Crippen LogP contribution >= 0.6 is 24.0 Å². The molecule has 0 saturated carbocycles. The van der Waals surface area contributed by atoms with Crippen LogP contribution in [0.15, 0.2) is 29.3 Å². The predicted octanol–water partition coefficient (Wildman–Crippen LogP) is 3.13. The van der Waals surface area contributed by atoms with E-state index in [1.165, 1.54) is 12.8 Å². The van der Waals surface area contributed by atoms with Crippen LogP contribution in [0, 0.1) is 0 Å². The van der Waals surface area contributed by atoms with E-state index in [9.17, 15) is 8.78 Å². The molecule has 0 radical (unpaired) electrons. The first-order valence-corrected chi connectivity index (χ1v) is 10.1. The van der Waals surface area contributed by atoms with Gasteiger partial charge in [-0.3, -0.25) is 4.99 Å². The van der Waals surface area contributed by atoms with Gasteiger partial charge in [-0.1, -0.05) is 12.1 Å². The van der Waals surface area contributed by atoms with Crippen molar-refractivity contribution in [2.24, 2.45) is 4.99 Å². The fourth-order valence-electron chi connectivity index (χ4n) is 3.93. The highest BCUT2D eigenvalue weighted by Gasteiger charge is 2.26. The monoisotopic (exact) mass is 523 g/mol. The Morgan fingerprint density at radius 2 is 2.07 bits per heavy atom. The smallest absolute Gasteiger partial charge is 0.387 e. The number of nitrogens with zero attached hydrogens (tertiary/aromatic N) is 3. The number of aliphatic imine (C=N–C) groups is 1. The minimum absolute atomic E-state index is 0. The fourth-order valence-corrected chi connectivity index (χ4v) is 3.93. The standard InChI is InChI=1S/C20H31F2N5O.HI/c1-3-23-20(24-13-16-7-6-11-26(16)2)25-15-10-12-27(14-15)17-8-4-5-9-18(17)28-19(21)22;/h4-5,8-9,15-16,19H,3,6-7,10-14H2,1-2H3,(H2,23,24,25);1H. The second kappa shape index (κ2) is 11.7. The van der Waals surface area contributed by atoms with Crippen LogP contribution in [0.3, 0.4) is 0 Å². The molecule has 0 spiro atoms. The van der Waals surface area contributed by atoms with E-state index in [0.29, 0.717) is 11.7 Å². The molecular weight excluding hydrogens is 491 g/mol. The number of anilines is 1. The minimum atomic E-state index is -2.82. The van der Waals surface area contributed by atoms with E-state index in [1.54, 1.807) is 12.1 Å². The van der Waals surface area contributed by atoms with Crippen molar-refractivity contribution in [2.45, 2.75) is 44.9 Å². The van der Waals surface area contributed by atoms with Gasteiger partial charge in [0.2, 0.25) is 0 Å². The van der Waals surface area contributed by atoms with Crippen molar-refractivity contribution in [3.05, 3.63) is 24.3 Å².